The summed E-state index contributed by atoms with van der Waals surface area (Å²) < 4.78 is 33.6. The zero-order valence-electron chi connectivity index (χ0n) is 11.5. The Hall–Kier alpha value is -1.00. The van der Waals surface area contributed by atoms with E-state index in [1.165, 1.54) is 18.2 Å². The van der Waals surface area contributed by atoms with Gasteiger partial charge in [0.2, 0.25) is 0 Å². The number of benzene rings is 1. The Morgan fingerprint density at radius 2 is 2.00 bits per heavy atom. The maximum Gasteiger partial charge on any atom is 0.130 e. The molecule has 19 heavy (non-hydrogen) atoms. The van der Waals surface area contributed by atoms with Gasteiger partial charge in [-0.15, -0.1) is 0 Å². The van der Waals surface area contributed by atoms with Crippen molar-refractivity contribution in [3.05, 3.63) is 35.4 Å². The van der Waals surface area contributed by atoms with E-state index in [9.17, 15) is 8.78 Å². The fourth-order valence-corrected chi connectivity index (χ4v) is 2.96. The van der Waals surface area contributed by atoms with Gasteiger partial charge in [-0.2, -0.15) is 0 Å². The third kappa shape index (κ3) is 2.95. The lowest BCUT2D eigenvalue weighted by Crippen LogP contribution is -2.34. The van der Waals surface area contributed by atoms with E-state index in [0.29, 0.717) is 13.2 Å². The number of hydrogen-bond donors (Lipinski definition) is 1. The fourth-order valence-electron chi connectivity index (χ4n) is 2.96. The highest BCUT2D eigenvalue weighted by Crippen LogP contribution is 2.36. The van der Waals surface area contributed by atoms with Gasteiger partial charge in [0.25, 0.3) is 0 Å². The molecule has 106 valence electrons. The molecule has 0 spiro atoms. The second kappa shape index (κ2) is 6.44. The normalized spacial score (nSPS) is 24.6. The summed E-state index contributed by atoms with van der Waals surface area (Å²) in [5.41, 5.74) is 0.151. The lowest BCUT2D eigenvalue weighted by Gasteiger charge is -2.28. The molecule has 1 heterocycles. The van der Waals surface area contributed by atoms with Gasteiger partial charge in [-0.1, -0.05) is 19.9 Å². The first-order valence-corrected chi connectivity index (χ1v) is 6.97. The minimum Gasteiger partial charge on any atom is -0.378 e. The number of nitrogens with one attached hydrogen (secondary N) is 1. The van der Waals surface area contributed by atoms with Crippen LogP contribution < -0.4 is 5.32 Å². The van der Waals surface area contributed by atoms with Crippen LogP contribution in [0.4, 0.5) is 8.78 Å². The molecule has 2 nitrogen and oxygen atoms in total. The van der Waals surface area contributed by atoms with E-state index in [0.717, 1.165) is 12.8 Å². The van der Waals surface area contributed by atoms with Crippen molar-refractivity contribution in [2.45, 2.75) is 38.8 Å². The highest BCUT2D eigenvalue weighted by atomic mass is 19.1. The molecule has 1 fully saturated rings. The molecule has 3 unspecified atom stereocenters. The van der Waals surface area contributed by atoms with E-state index in [1.54, 1.807) is 0 Å². The Kier molecular flexibility index (Phi) is 4.88. The first-order chi connectivity index (χ1) is 9.19. The van der Waals surface area contributed by atoms with Gasteiger partial charge in [-0.25, -0.2) is 8.78 Å². The summed E-state index contributed by atoms with van der Waals surface area (Å²) >= 11 is 0. The van der Waals surface area contributed by atoms with Crippen LogP contribution in [0.5, 0.6) is 0 Å². The molecule has 2 rings (SSSR count). The van der Waals surface area contributed by atoms with Crippen molar-refractivity contribution in [3.8, 4) is 0 Å². The average Bonchev–Trinajstić information content (AvgIpc) is 2.85. The van der Waals surface area contributed by atoms with Crippen LogP contribution in [0.2, 0.25) is 0 Å². The minimum atomic E-state index is -0.479. The van der Waals surface area contributed by atoms with E-state index < -0.39 is 11.6 Å². The third-order valence-electron chi connectivity index (χ3n) is 3.83. The van der Waals surface area contributed by atoms with Crippen LogP contribution in [0.1, 0.15) is 38.3 Å². The standard InChI is InChI=1S/C15H21F2NO/c1-3-13-10(8-9-19-13)15(18-4-2)14-11(16)6-5-7-12(14)17/h5-7,10,13,15,18H,3-4,8-9H2,1-2H3. The molecule has 4 heteroatoms. The molecule has 1 aliphatic heterocycles. The summed E-state index contributed by atoms with van der Waals surface area (Å²) in [5.74, 6) is -0.836. The second-order valence-electron chi connectivity index (χ2n) is 4.94. The lowest BCUT2D eigenvalue weighted by atomic mass is 9.86. The zero-order valence-corrected chi connectivity index (χ0v) is 11.5. The van der Waals surface area contributed by atoms with E-state index in [1.807, 2.05) is 13.8 Å². The monoisotopic (exact) mass is 269 g/mol. The summed E-state index contributed by atoms with van der Waals surface area (Å²) in [6, 6.07) is 3.72. The maximum atomic E-state index is 14.0. The predicted octanol–water partition coefficient (Wildman–Crippen LogP) is 3.43. The highest BCUT2D eigenvalue weighted by molar-refractivity contribution is 5.24. The van der Waals surface area contributed by atoms with Crippen molar-refractivity contribution in [1.82, 2.24) is 5.32 Å². The molecular weight excluding hydrogens is 248 g/mol. The van der Waals surface area contributed by atoms with Crippen molar-refractivity contribution >= 4 is 0 Å². The van der Waals surface area contributed by atoms with E-state index in [-0.39, 0.29) is 23.6 Å². The lowest BCUT2D eigenvalue weighted by molar-refractivity contribution is 0.0767. The Morgan fingerprint density at radius 1 is 1.32 bits per heavy atom. The Balaban J connectivity index is 2.34. The van der Waals surface area contributed by atoms with Crippen LogP contribution in [0, 0.1) is 17.6 Å². The largest absolute Gasteiger partial charge is 0.378 e. The van der Waals surface area contributed by atoms with Crippen molar-refractivity contribution in [2.24, 2.45) is 5.92 Å². The van der Waals surface area contributed by atoms with Gasteiger partial charge in [0.1, 0.15) is 11.6 Å². The van der Waals surface area contributed by atoms with Crippen LogP contribution >= 0.6 is 0 Å². The topological polar surface area (TPSA) is 21.3 Å². The van der Waals surface area contributed by atoms with Gasteiger partial charge in [-0.05, 0) is 31.5 Å². The number of halogens is 2. The van der Waals surface area contributed by atoms with Gasteiger partial charge in [0.05, 0.1) is 6.10 Å². The van der Waals surface area contributed by atoms with Crippen LogP contribution in [-0.2, 0) is 4.74 Å². The zero-order chi connectivity index (χ0) is 13.8. The van der Waals surface area contributed by atoms with Gasteiger partial charge in [0.15, 0.2) is 0 Å². The van der Waals surface area contributed by atoms with Crippen LogP contribution in [0.15, 0.2) is 18.2 Å². The summed E-state index contributed by atoms with van der Waals surface area (Å²) in [4.78, 5) is 0. The Morgan fingerprint density at radius 3 is 2.58 bits per heavy atom. The molecule has 0 aromatic heterocycles. The quantitative estimate of drug-likeness (QED) is 0.884. The van der Waals surface area contributed by atoms with Crippen molar-refractivity contribution in [3.63, 3.8) is 0 Å². The molecule has 0 saturated carbocycles. The smallest absolute Gasteiger partial charge is 0.130 e. The van der Waals surface area contributed by atoms with E-state index in [2.05, 4.69) is 5.32 Å². The number of rotatable bonds is 5. The first kappa shape index (κ1) is 14.4. The molecule has 0 aliphatic carbocycles. The molecule has 1 saturated heterocycles. The van der Waals surface area contributed by atoms with Crippen molar-refractivity contribution < 1.29 is 13.5 Å². The molecule has 3 atom stereocenters. The summed E-state index contributed by atoms with van der Waals surface area (Å²) in [6.45, 7) is 5.33. The van der Waals surface area contributed by atoms with Crippen molar-refractivity contribution in [2.75, 3.05) is 13.2 Å². The van der Waals surface area contributed by atoms with E-state index >= 15 is 0 Å². The van der Waals surface area contributed by atoms with Crippen molar-refractivity contribution in [1.29, 1.82) is 0 Å². The van der Waals surface area contributed by atoms with Crippen LogP contribution in [0.25, 0.3) is 0 Å². The molecule has 0 radical (unpaired) electrons. The van der Waals surface area contributed by atoms with Gasteiger partial charge >= 0.3 is 0 Å². The van der Waals surface area contributed by atoms with Gasteiger partial charge in [-0.3, -0.25) is 0 Å². The van der Waals surface area contributed by atoms with E-state index in [4.69, 9.17) is 4.74 Å². The van der Waals surface area contributed by atoms with Gasteiger partial charge < -0.3 is 10.1 Å². The van der Waals surface area contributed by atoms with Crippen LogP contribution in [-0.4, -0.2) is 19.3 Å². The minimum absolute atomic E-state index is 0.0723. The summed E-state index contributed by atoms with van der Waals surface area (Å²) in [5, 5.41) is 3.23. The fraction of sp³-hybridized carbons (Fsp3) is 0.600. The molecule has 0 amide bonds. The molecular formula is C15H21F2NO. The average molecular weight is 269 g/mol. The highest BCUT2D eigenvalue weighted by Gasteiger charge is 2.36. The maximum absolute atomic E-state index is 14.0. The first-order valence-electron chi connectivity index (χ1n) is 6.97. The Labute approximate surface area is 113 Å². The Bertz CT molecular complexity index is 404. The summed E-state index contributed by atoms with van der Waals surface area (Å²) in [6.07, 6.45) is 1.77. The molecule has 0 bridgehead atoms. The third-order valence-corrected chi connectivity index (χ3v) is 3.83. The second-order valence-corrected chi connectivity index (χ2v) is 4.94. The van der Waals surface area contributed by atoms with Crippen LogP contribution in [0.3, 0.4) is 0 Å². The number of hydrogen-bond acceptors (Lipinski definition) is 2. The summed E-state index contributed by atoms with van der Waals surface area (Å²) in [7, 11) is 0. The van der Waals surface area contributed by atoms with Gasteiger partial charge in [0, 0.05) is 24.1 Å². The SMILES string of the molecule is CCNC(c1c(F)cccc1F)C1CCOC1CC. The number of ether oxygens (including phenoxy) is 1. The molecule has 1 aromatic rings. The predicted molar refractivity (Wildman–Crippen MR) is 70.9 cm³/mol. The molecule has 1 aromatic carbocycles. The molecule has 1 N–H and O–H groups in total. The molecule has 1 aliphatic rings.